The number of ether oxygens (including phenoxy) is 1. The second-order valence-electron chi connectivity index (χ2n) is 7.96. The molecule has 0 spiro atoms. The van der Waals surface area contributed by atoms with Crippen molar-refractivity contribution >= 4 is 11.6 Å². The molecule has 1 N–H and O–H groups in total. The Hall–Kier alpha value is -3.15. The van der Waals surface area contributed by atoms with Crippen LogP contribution >= 0.6 is 0 Å². The number of rotatable bonds is 7. The second kappa shape index (κ2) is 8.07. The van der Waals surface area contributed by atoms with Crippen molar-refractivity contribution in [2.45, 2.75) is 33.6 Å². The average Bonchev–Trinajstić information content (AvgIpc) is 3.48. The molecule has 1 saturated carbocycles. The van der Waals surface area contributed by atoms with Crippen LogP contribution in [0.4, 0.5) is 5.69 Å². The summed E-state index contributed by atoms with van der Waals surface area (Å²) in [4.78, 5) is 16.6. The zero-order valence-electron chi connectivity index (χ0n) is 17.1. The van der Waals surface area contributed by atoms with Gasteiger partial charge in [-0.3, -0.25) is 4.79 Å². The summed E-state index contributed by atoms with van der Waals surface area (Å²) >= 11 is 0. The SMILES string of the molecule is Cc1ccccc1-c1nc(OCC(C)C)nn1-c1ccc(NC(=O)C2CC2)cc1. The van der Waals surface area contributed by atoms with E-state index in [9.17, 15) is 4.79 Å². The lowest BCUT2D eigenvalue weighted by atomic mass is 10.1. The molecule has 1 aliphatic carbocycles. The van der Waals surface area contributed by atoms with E-state index in [2.05, 4.69) is 42.2 Å². The molecule has 0 atom stereocenters. The zero-order chi connectivity index (χ0) is 20.4. The predicted molar refractivity (Wildman–Crippen MR) is 113 cm³/mol. The maximum absolute atomic E-state index is 12.0. The van der Waals surface area contributed by atoms with E-state index in [1.807, 2.05) is 42.5 Å². The summed E-state index contributed by atoms with van der Waals surface area (Å²) in [5.74, 6) is 1.40. The van der Waals surface area contributed by atoms with E-state index in [0.717, 1.165) is 41.2 Å². The first-order valence-corrected chi connectivity index (χ1v) is 10.1. The first-order chi connectivity index (χ1) is 14.0. The Labute approximate surface area is 170 Å². The first kappa shape index (κ1) is 19.2. The van der Waals surface area contributed by atoms with Gasteiger partial charge in [-0.2, -0.15) is 4.98 Å². The molecule has 4 rings (SSSR count). The number of nitrogens with zero attached hydrogens (tertiary/aromatic N) is 3. The largest absolute Gasteiger partial charge is 0.462 e. The summed E-state index contributed by atoms with van der Waals surface area (Å²) in [7, 11) is 0. The van der Waals surface area contributed by atoms with Crippen LogP contribution in [0, 0.1) is 18.8 Å². The summed E-state index contributed by atoms with van der Waals surface area (Å²) < 4.78 is 7.58. The van der Waals surface area contributed by atoms with Crippen LogP contribution in [-0.2, 0) is 4.79 Å². The number of aryl methyl sites for hydroxylation is 1. The third-order valence-electron chi connectivity index (χ3n) is 4.85. The molecule has 6 heteroatoms. The molecule has 3 aromatic rings. The zero-order valence-corrected chi connectivity index (χ0v) is 17.1. The van der Waals surface area contributed by atoms with Crippen LogP contribution in [0.2, 0.25) is 0 Å². The Morgan fingerprint density at radius 1 is 1.17 bits per heavy atom. The molecular formula is C23H26N4O2. The molecule has 1 heterocycles. The van der Waals surface area contributed by atoms with E-state index < -0.39 is 0 Å². The highest BCUT2D eigenvalue weighted by molar-refractivity contribution is 5.94. The highest BCUT2D eigenvalue weighted by Gasteiger charge is 2.29. The number of carbonyl (C=O) groups excluding carboxylic acids is 1. The molecule has 1 aliphatic rings. The number of amides is 1. The lowest BCUT2D eigenvalue weighted by molar-refractivity contribution is -0.117. The molecular weight excluding hydrogens is 364 g/mol. The lowest BCUT2D eigenvalue weighted by Gasteiger charge is -2.09. The highest BCUT2D eigenvalue weighted by atomic mass is 16.5. The monoisotopic (exact) mass is 390 g/mol. The minimum atomic E-state index is 0.100. The first-order valence-electron chi connectivity index (χ1n) is 10.1. The van der Waals surface area contributed by atoms with Crippen molar-refractivity contribution in [2.75, 3.05) is 11.9 Å². The van der Waals surface area contributed by atoms with E-state index in [0.29, 0.717) is 18.5 Å². The number of aromatic nitrogens is 3. The maximum atomic E-state index is 12.0. The fourth-order valence-corrected chi connectivity index (χ4v) is 3.05. The molecule has 150 valence electrons. The van der Waals surface area contributed by atoms with Crippen molar-refractivity contribution < 1.29 is 9.53 Å². The van der Waals surface area contributed by atoms with E-state index in [1.54, 1.807) is 4.68 Å². The van der Waals surface area contributed by atoms with Crippen molar-refractivity contribution in [3.05, 3.63) is 54.1 Å². The standard InChI is InChI=1S/C23H26N4O2/c1-15(2)14-29-23-25-21(20-7-5-4-6-16(20)3)27(26-23)19-12-10-18(11-13-19)24-22(28)17-8-9-17/h4-7,10-13,15,17H,8-9,14H2,1-3H3,(H,24,28). The Morgan fingerprint density at radius 3 is 2.55 bits per heavy atom. The highest BCUT2D eigenvalue weighted by Crippen LogP contribution is 2.31. The van der Waals surface area contributed by atoms with Gasteiger partial charge in [0.25, 0.3) is 0 Å². The minimum Gasteiger partial charge on any atom is -0.462 e. The molecule has 0 radical (unpaired) electrons. The van der Waals surface area contributed by atoms with Crippen LogP contribution < -0.4 is 10.1 Å². The van der Waals surface area contributed by atoms with Gasteiger partial charge in [0.05, 0.1) is 12.3 Å². The summed E-state index contributed by atoms with van der Waals surface area (Å²) in [6.07, 6.45) is 1.98. The summed E-state index contributed by atoms with van der Waals surface area (Å²) in [5.41, 5.74) is 3.77. The average molecular weight is 390 g/mol. The predicted octanol–water partition coefficient (Wildman–Crippen LogP) is 4.63. The van der Waals surface area contributed by atoms with Gasteiger partial charge in [-0.1, -0.05) is 38.1 Å². The van der Waals surface area contributed by atoms with E-state index in [-0.39, 0.29) is 11.8 Å². The molecule has 1 fully saturated rings. The molecule has 6 nitrogen and oxygen atoms in total. The number of hydrogen-bond donors (Lipinski definition) is 1. The van der Waals surface area contributed by atoms with Gasteiger partial charge in [-0.25, -0.2) is 4.68 Å². The van der Waals surface area contributed by atoms with E-state index >= 15 is 0 Å². The Balaban J connectivity index is 1.65. The van der Waals surface area contributed by atoms with Gasteiger partial charge in [-0.05, 0) is 55.5 Å². The van der Waals surface area contributed by atoms with Crippen molar-refractivity contribution in [2.24, 2.45) is 11.8 Å². The normalized spacial score (nSPS) is 13.5. The van der Waals surface area contributed by atoms with Gasteiger partial charge in [0.1, 0.15) is 0 Å². The molecule has 1 amide bonds. The van der Waals surface area contributed by atoms with Crippen molar-refractivity contribution in [1.29, 1.82) is 0 Å². The Bertz CT molecular complexity index is 1000. The second-order valence-corrected chi connectivity index (χ2v) is 7.96. The van der Waals surface area contributed by atoms with Gasteiger partial charge in [0, 0.05) is 17.2 Å². The molecule has 0 saturated heterocycles. The smallest absolute Gasteiger partial charge is 0.336 e. The number of carbonyl (C=O) groups is 1. The Kier molecular flexibility index (Phi) is 5.34. The third kappa shape index (κ3) is 4.47. The molecule has 29 heavy (non-hydrogen) atoms. The Morgan fingerprint density at radius 2 is 1.90 bits per heavy atom. The van der Waals surface area contributed by atoms with Crippen molar-refractivity contribution in [1.82, 2.24) is 14.8 Å². The third-order valence-corrected chi connectivity index (χ3v) is 4.85. The molecule has 2 aromatic carbocycles. The van der Waals surface area contributed by atoms with Gasteiger partial charge >= 0.3 is 6.01 Å². The van der Waals surface area contributed by atoms with Crippen LogP contribution in [0.25, 0.3) is 17.1 Å². The van der Waals surface area contributed by atoms with Crippen LogP contribution in [-0.4, -0.2) is 27.3 Å². The lowest BCUT2D eigenvalue weighted by Crippen LogP contribution is -2.13. The van der Waals surface area contributed by atoms with Crippen LogP contribution in [0.15, 0.2) is 48.5 Å². The number of hydrogen-bond acceptors (Lipinski definition) is 4. The van der Waals surface area contributed by atoms with E-state index in [1.165, 1.54) is 0 Å². The van der Waals surface area contributed by atoms with Gasteiger partial charge in [0.2, 0.25) is 5.91 Å². The van der Waals surface area contributed by atoms with Crippen molar-refractivity contribution in [3.8, 4) is 23.1 Å². The number of benzene rings is 2. The quantitative estimate of drug-likeness (QED) is 0.639. The molecule has 0 bridgehead atoms. The molecule has 0 unspecified atom stereocenters. The van der Waals surface area contributed by atoms with Crippen LogP contribution in [0.3, 0.4) is 0 Å². The molecule has 1 aromatic heterocycles. The topological polar surface area (TPSA) is 69.0 Å². The fourth-order valence-electron chi connectivity index (χ4n) is 3.05. The molecule has 0 aliphatic heterocycles. The maximum Gasteiger partial charge on any atom is 0.336 e. The number of nitrogens with one attached hydrogen (secondary N) is 1. The van der Waals surface area contributed by atoms with Gasteiger partial charge in [-0.15, -0.1) is 5.10 Å². The fraction of sp³-hybridized carbons (Fsp3) is 0.348. The van der Waals surface area contributed by atoms with Crippen molar-refractivity contribution in [3.63, 3.8) is 0 Å². The van der Waals surface area contributed by atoms with Gasteiger partial charge in [0.15, 0.2) is 5.82 Å². The van der Waals surface area contributed by atoms with Gasteiger partial charge < -0.3 is 10.1 Å². The van der Waals surface area contributed by atoms with E-state index in [4.69, 9.17) is 4.74 Å². The number of anilines is 1. The summed E-state index contributed by atoms with van der Waals surface area (Å²) in [6.45, 7) is 6.80. The van der Waals surface area contributed by atoms with Crippen LogP contribution in [0.5, 0.6) is 6.01 Å². The summed E-state index contributed by atoms with van der Waals surface area (Å²) in [5, 5.41) is 7.56. The minimum absolute atomic E-state index is 0.100. The summed E-state index contributed by atoms with van der Waals surface area (Å²) in [6, 6.07) is 16.1. The van der Waals surface area contributed by atoms with Crippen LogP contribution in [0.1, 0.15) is 32.3 Å².